The molecule has 1 aliphatic heterocycles. The van der Waals surface area contributed by atoms with Crippen LogP contribution in [-0.2, 0) is 0 Å². The molecule has 0 spiro atoms. The van der Waals surface area contributed by atoms with Crippen molar-refractivity contribution in [1.29, 1.82) is 0 Å². The van der Waals surface area contributed by atoms with Crippen LogP contribution in [0.25, 0.3) is 0 Å². The Morgan fingerprint density at radius 1 is 1.33 bits per heavy atom. The molecule has 0 fully saturated rings. The molecule has 1 unspecified atom stereocenters. The summed E-state index contributed by atoms with van der Waals surface area (Å²) < 4.78 is 10.7. The van der Waals surface area contributed by atoms with Gasteiger partial charge in [0.25, 0.3) is 0 Å². The van der Waals surface area contributed by atoms with Crippen molar-refractivity contribution < 1.29 is 9.47 Å². The van der Waals surface area contributed by atoms with E-state index >= 15 is 0 Å². The highest BCUT2D eigenvalue weighted by Crippen LogP contribution is 2.37. The summed E-state index contributed by atoms with van der Waals surface area (Å²) >= 11 is 0. The molecular weight excluding hydrogens is 190 g/mol. The lowest BCUT2D eigenvalue weighted by molar-refractivity contribution is 0.174. The van der Waals surface area contributed by atoms with Crippen molar-refractivity contribution in [3.05, 3.63) is 23.3 Å². The fourth-order valence-corrected chi connectivity index (χ4v) is 2.01. The molecule has 0 saturated carbocycles. The van der Waals surface area contributed by atoms with E-state index in [-0.39, 0.29) is 0 Å². The third-order valence-electron chi connectivity index (χ3n) is 2.98. The first-order valence-corrected chi connectivity index (χ1v) is 5.36. The molecule has 1 atom stereocenters. The van der Waals surface area contributed by atoms with Gasteiger partial charge in [-0.15, -0.1) is 0 Å². The zero-order chi connectivity index (χ0) is 10.8. The molecule has 1 aromatic carbocycles. The molecule has 1 aromatic rings. The van der Waals surface area contributed by atoms with E-state index in [4.69, 9.17) is 15.2 Å². The summed E-state index contributed by atoms with van der Waals surface area (Å²) in [6.07, 6.45) is 1.05. The summed E-state index contributed by atoms with van der Waals surface area (Å²) in [6, 6.07) is 4.11. The van der Waals surface area contributed by atoms with E-state index in [1.165, 1.54) is 11.1 Å². The van der Waals surface area contributed by atoms with E-state index < -0.39 is 0 Å². The van der Waals surface area contributed by atoms with Crippen LogP contribution < -0.4 is 15.2 Å². The number of rotatable bonds is 3. The molecular formula is C12H17NO2. The molecule has 82 valence electrons. The molecule has 3 nitrogen and oxygen atoms in total. The fourth-order valence-electron chi connectivity index (χ4n) is 2.01. The number of benzene rings is 1. The Bertz CT molecular complexity index is 359. The van der Waals surface area contributed by atoms with Gasteiger partial charge in [-0.2, -0.15) is 0 Å². The van der Waals surface area contributed by atoms with Crippen LogP contribution in [0.1, 0.15) is 30.4 Å². The maximum absolute atomic E-state index is 5.76. The summed E-state index contributed by atoms with van der Waals surface area (Å²) in [6.45, 7) is 5.26. The van der Waals surface area contributed by atoms with E-state index in [2.05, 4.69) is 19.9 Å². The van der Waals surface area contributed by atoms with E-state index in [9.17, 15) is 0 Å². The van der Waals surface area contributed by atoms with Crippen LogP contribution in [0.5, 0.6) is 11.5 Å². The Hall–Kier alpha value is -1.22. The van der Waals surface area contributed by atoms with Crippen molar-refractivity contribution in [1.82, 2.24) is 0 Å². The monoisotopic (exact) mass is 207 g/mol. The lowest BCUT2D eigenvalue weighted by atomic mass is 9.92. The molecule has 2 rings (SSSR count). The molecule has 15 heavy (non-hydrogen) atoms. The minimum Gasteiger partial charge on any atom is -0.454 e. The maximum atomic E-state index is 5.76. The normalized spacial score (nSPS) is 15.4. The van der Waals surface area contributed by atoms with E-state index in [1.54, 1.807) is 0 Å². The lowest BCUT2D eigenvalue weighted by Crippen LogP contribution is -2.12. The molecule has 0 bridgehead atoms. The van der Waals surface area contributed by atoms with Crippen LogP contribution in [0.4, 0.5) is 0 Å². The van der Waals surface area contributed by atoms with Gasteiger partial charge in [-0.05, 0) is 49.1 Å². The quantitative estimate of drug-likeness (QED) is 0.826. The van der Waals surface area contributed by atoms with Crippen molar-refractivity contribution >= 4 is 0 Å². The summed E-state index contributed by atoms with van der Waals surface area (Å²) in [7, 11) is 0. The molecule has 0 aromatic heterocycles. The van der Waals surface area contributed by atoms with E-state index in [1.807, 2.05) is 6.07 Å². The first-order valence-electron chi connectivity index (χ1n) is 5.36. The minimum atomic E-state index is 0.331. The molecule has 2 N–H and O–H groups in total. The second kappa shape index (κ2) is 4.11. The van der Waals surface area contributed by atoms with Crippen LogP contribution in [-0.4, -0.2) is 13.3 Å². The SMILES string of the molecule is CCC(CN)c1cc2c(cc1C)OCO2. The smallest absolute Gasteiger partial charge is 0.231 e. The zero-order valence-corrected chi connectivity index (χ0v) is 9.25. The molecule has 1 aliphatic rings. The Labute approximate surface area is 90.2 Å². The second-order valence-electron chi connectivity index (χ2n) is 3.90. The van der Waals surface area contributed by atoms with Gasteiger partial charge in [-0.1, -0.05) is 6.92 Å². The van der Waals surface area contributed by atoms with Gasteiger partial charge in [0.2, 0.25) is 6.79 Å². The number of aryl methyl sites for hydroxylation is 1. The van der Waals surface area contributed by atoms with Gasteiger partial charge in [0.15, 0.2) is 11.5 Å². The van der Waals surface area contributed by atoms with Crippen molar-refractivity contribution in [2.24, 2.45) is 5.73 Å². The Kier molecular flexibility index (Phi) is 2.82. The minimum absolute atomic E-state index is 0.331. The standard InChI is InChI=1S/C12H17NO2/c1-3-9(6-13)10-5-12-11(4-8(10)2)14-7-15-12/h4-5,9H,3,6-7,13H2,1-2H3. The number of ether oxygens (including phenoxy) is 2. The summed E-state index contributed by atoms with van der Waals surface area (Å²) in [5, 5.41) is 0. The van der Waals surface area contributed by atoms with Gasteiger partial charge in [0.1, 0.15) is 0 Å². The average Bonchev–Trinajstić information content (AvgIpc) is 2.67. The maximum Gasteiger partial charge on any atom is 0.231 e. The van der Waals surface area contributed by atoms with Gasteiger partial charge in [0, 0.05) is 0 Å². The third kappa shape index (κ3) is 1.79. The predicted octanol–water partition coefficient (Wildman–Crippen LogP) is 2.18. The summed E-state index contributed by atoms with van der Waals surface area (Å²) in [5.74, 6) is 2.12. The van der Waals surface area contributed by atoms with Crippen LogP contribution in [0.3, 0.4) is 0 Å². The highest BCUT2D eigenvalue weighted by molar-refractivity contribution is 5.49. The van der Waals surface area contributed by atoms with Gasteiger partial charge in [0.05, 0.1) is 0 Å². The third-order valence-corrected chi connectivity index (χ3v) is 2.98. The molecule has 0 saturated heterocycles. The number of hydrogen-bond donors (Lipinski definition) is 1. The summed E-state index contributed by atoms with van der Waals surface area (Å²) in [5.41, 5.74) is 8.27. The summed E-state index contributed by atoms with van der Waals surface area (Å²) in [4.78, 5) is 0. The Balaban J connectivity index is 2.39. The van der Waals surface area contributed by atoms with Crippen LogP contribution in [0.2, 0.25) is 0 Å². The Morgan fingerprint density at radius 3 is 2.60 bits per heavy atom. The zero-order valence-electron chi connectivity index (χ0n) is 9.25. The highest BCUT2D eigenvalue weighted by atomic mass is 16.7. The molecule has 0 radical (unpaired) electrons. The highest BCUT2D eigenvalue weighted by Gasteiger charge is 2.18. The largest absolute Gasteiger partial charge is 0.454 e. The van der Waals surface area contributed by atoms with Crippen molar-refractivity contribution in [2.75, 3.05) is 13.3 Å². The van der Waals surface area contributed by atoms with Crippen molar-refractivity contribution in [3.8, 4) is 11.5 Å². The first kappa shape index (κ1) is 10.3. The second-order valence-corrected chi connectivity index (χ2v) is 3.90. The van der Waals surface area contributed by atoms with E-state index in [0.29, 0.717) is 19.3 Å². The first-order chi connectivity index (χ1) is 7.26. The van der Waals surface area contributed by atoms with Gasteiger partial charge in [-0.3, -0.25) is 0 Å². The van der Waals surface area contributed by atoms with Gasteiger partial charge < -0.3 is 15.2 Å². The fraction of sp³-hybridized carbons (Fsp3) is 0.500. The molecule has 0 aliphatic carbocycles. The van der Waals surface area contributed by atoms with Crippen LogP contribution in [0, 0.1) is 6.92 Å². The Morgan fingerprint density at radius 2 is 2.00 bits per heavy atom. The number of nitrogens with two attached hydrogens (primary N) is 1. The van der Waals surface area contributed by atoms with Crippen LogP contribution in [0.15, 0.2) is 12.1 Å². The van der Waals surface area contributed by atoms with Gasteiger partial charge >= 0.3 is 0 Å². The van der Waals surface area contributed by atoms with Crippen molar-refractivity contribution in [3.63, 3.8) is 0 Å². The van der Waals surface area contributed by atoms with Crippen molar-refractivity contribution in [2.45, 2.75) is 26.2 Å². The topological polar surface area (TPSA) is 44.5 Å². The predicted molar refractivity (Wildman–Crippen MR) is 59.4 cm³/mol. The molecule has 3 heteroatoms. The van der Waals surface area contributed by atoms with Crippen LogP contribution >= 0.6 is 0 Å². The number of hydrogen-bond acceptors (Lipinski definition) is 3. The molecule has 1 heterocycles. The van der Waals surface area contributed by atoms with E-state index in [0.717, 1.165) is 17.9 Å². The average molecular weight is 207 g/mol. The van der Waals surface area contributed by atoms with Gasteiger partial charge in [-0.25, -0.2) is 0 Å². The molecule has 0 amide bonds. The lowest BCUT2D eigenvalue weighted by Gasteiger charge is -2.16. The number of fused-ring (bicyclic) bond motifs is 1.